The molecule has 7 heterocycles. The van der Waals surface area contributed by atoms with E-state index in [-0.39, 0.29) is 83.4 Å². The van der Waals surface area contributed by atoms with Gasteiger partial charge in [-0.2, -0.15) is 0 Å². The third-order valence-corrected chi connectivity index (χ3v) is 12.8. The first-order valence-electron chi connectivity index (χ1n) is 24.0. The fourth-order valence-electron chi connectivity index (χ4n) is 9.26. The average Bonchev–Trinajstić information content (AvgIpc) is 4.23. The number of ether oxygens (including phenoxy) is 6. The van der Waals surface area contributed by atoms with E-state index in [0.29, 0.717) is 48.7 Å². The topological polar surface area (TPSA) is 249 Å². The zero-order valence-corrected chi connectivity index (χ0v) is 42.1. The number of rotatable bonds is 18. The van der Waals surface area contributed by atoms with Gasteiger partial charge in [0.1, 0.15) is 29.4 Å². The van der Waals surface area contributed by atoms with Crippen molar-refractivity contribution in [1.29, 1.82) is 0 Å². The van der Waals surface area contributed by atoms with Crippen LogP contribution < -0.4 is 35.6 Å². The van der Waals surface area contributed by atoms with Crippen molar-refractivity contribution in [1.82, 2.24) is 23.2 Å². The second kappa shape index (κ2) is 22.6. The number of aromatic nitrogens is 4. The SMILES string of the molecule is C=CCOC(=O)N1c2cc(OCCCC(=O)Nc3cc(C(=O)Nc4cc(C(=O)Nc5cc(C(=O)Nc6cc(C(=O)OC)n(C)c6)n(C)c5)n(C)c4)n(C)c3)c(OC)cc2C(=O)N2CCC[C@H]2[C@@H]1OC1CCCCO1. The number of hydrogen-bond donors (Lipinski definition) is 4. The first-order chi connectivity index (χ1) is 35.6. The Kier molecular flexibility index (Phi) is 15.9. The largest absolute Gasteiger partial charge is 0.493 e. The Balaban J connectivity index is 0.864. The van der Waals surface area contributed by atoms with Crippen LogP contribution in [-0.2, 0) is 51.9 Å². The van der Waals surface area contributed by atoms with E-state index in [1.807, 2.05) is 0 Å². The number of hydrogen-bond acceptors (Lipinski definition) is 13. The first kappa shape index (κ1) is 52.0. The van der Waals surface area contributed by atoms with Crippen molar-refractivity contribution in [3.8, 4) is 11.5 Å². The van der Waals surface area contributed by atoms with Gasteiger partial charge < -0.3 is 72.9 Å². The Morgan fingerprint density at radius 3 is 1.82 bits per heavy atom. The van der Waals surface area contributed by atoms with E-state index in [1.165, 1.54) is 58.6 Å². The summed E-state index contributed by atoms with van der Waals surface area (Å²) in [7, 11) is 9.30. The molecule has 2 saturated heterocycles. The van der Waals surface area contributed by atoms with Crippen LogP contribution in [0.5, 0.6) is 11.5 Å². The zero-order chi connectivity index (χ0) is 52.8. The molecule has 4 N–H and O–H groups in total. The Hall–Kier alpha value is -8.31. The Morgan fingerprint density at radius 2 is 1.28 bits per heavy atom. The summed E-state index contributed by atoms with van der Waals surface area (Å²) in [5.41, 5.74) is 2.79. The summed E-state index contributed by atoms with van der Waals surface area (Å²) in [5.74, 6) is -2.17. The molecule has 6 amide bonds. The van der Waals surface area contributed by atoms with Gasteiger partial charge in [0.25, 0.3) is 23.6 Å². The molecular formula is C51H60N10O13. The molecule has 0 spiro atoms. The minimum absolute atomic E-state index is 0.0371. The van der Waals surface area contributed by atoms with Crippen LogP contribution in [0.1, 0.15) is 97.3 Å². The van der Waals surface area contributed by atoms with Crippen LogP contribution in [0.3, 0.4) is 0 Å². The van der Waals surface area contributed by atoms with E-state index in [9.17, 15) is 33.6 Å². The molecule has 0 aliphatic carbocycles. The summed E-state index contributed by atoms with van der Waals surface area (Å²) in [6.45, 7) is 4.66. The number of amides is 6. The highest BCUT2D eigenvalue weighted by Gasteiger charge is 2.48. The van der Waals surface area contributed by atoms with Crippen molar-refractivity contribution < 1.29 is 62.0 Å². The number of fused-ring (bicyclic) bond motifs is 2. The molecular weight excluding hydrogens is 961 g/mol. The van der Waals surface area contributed by atoms with Crippen LogP contribution in [-0.4, -0.2) is 124 Å². The zero-order valence-electron chi connectivity index (χ0n) is 42.1. The number of carbonyl (C=O) groups excluding carboxylic acids is 7. The van der Waals surface area contributed by atoms with Crippen molar-refractivity contribution in [2.24, 2.45) is 28.2 Å². The average molecular weight is 1020 g/mol. The lowest BCUT2D eigenvalue weighted by atomic mass is 10.1. The molecule has 0 bridgehead atoms. The van der Waals surface area contributed by atoms with E-state index in [4.69, 9.17) is 28.4 Å². The monoisotopic (exact) mass is 1020 g/mol. The van der Waals surface area contributed by atoms with Gasteiger partial charge >= 0.3 is 12.1 Å². The van der Waals surface area contributed by atoms with Gasteiger partial charge in [0.15, 0.2) is 24.0 Å². The van der Waals surface area contributed by atoms with Gasteiger partial charge in [0.05, 0.1) is 60.9 Å². The normalized spacial score (nSPS) is 17.1. The van der Waals surface area contributed by atoms with Crippen molar-refractivity contribution in [2.75, 3.05) is 66.8 Å². The van der Waals surface area contributed by atoms with Crippen molar-refractivity contribution in [2.45, 2.75) is 63.5 Å². The van der Waals surface area contributed by atoms with Gasteiger partial charge in [0.2, 0.25) is 5.91 Å². The molecule has 0 radical (unpaired) electrons. The molecule has 3 aliphatic rings. The number of nitrogens with zero attached hydrogens (tertiary/aromatic N) is 6. The summed E-state index contributed by atoms with van der Waals surface area (Å²) < 4.78 is 40.8. The van der Waals surface area contributed by atoms with Crippen molar-refractivity contribution in [3.63, 3.8) is 0 Å². The lowest BCUT2D eigenvalue weighted by molar-refractivity contribution is -0.195. The van der Waals surface area contributed by atoms with E-state index >= 15 is 0 Å². The number of carbonyl (C=O) groups is 7. The molecule has 23 heteroatoms. The number of aryl methyl sites for hydroxylation is 4. The van der Waals surface area contributed by atoms with Crippen LogP contribution in [0.15, 0.2) is 73.8 Å². The van der Waals surface area contributed by atoms with E-state index in [2.05, 4.69) is 27.8 Å². The number of esters is 1. The third kappa shape index (κ3) is 11.3. The molecule has 23 nitrogen and oxygen atoms in total. The number of nitrogens with one attached hydrogen (secondary N) is 4. The Labute approximate surface area is 426 Å². The lowest BCUT2D eigenvalue weighted by Gasteiger charge is -2.38. The highest BCUT2D eigenvalue weighted by atomic mass is 16.7. The Bertz CT molecular complexity index is 2980. The van der Waals surface area contributed by atoms with Crippen LogP contribution in [0.4, 0.5) is 33.2 Å². The highest BCUT2D eigenvalue weighted by molar-refractivity contribution is 6.09. The molecule has 3 aliphatic heterocycles. The highest BCUT2D eigenvalue weighted by Crippen LogP contribution is 2.43. The molecule has 392 valence electrons. The maximum atomic E-state index is 14.2. The third-order valence-electron chi connectivity index (χ3n) is 12.8. The van der Waals surface area contributed by atoms with Gasteiger partial charge in [-0.15, -0.1) is 0 Å². The molecule has 1 aromatic carbocycles. The second-order valence-electron chi connectivity index (χ2n) is 18.0. The summed E-state index contributed by atoms with van der Waals surface area (Å²) >= 11 is 0. The fraction of sp³-hybridized carbons (Fsp3) is 0.392. The molecule has 2 fully saturated rings. The molecule has 4 aromatic heterocycles. The first-order valence-corrected chi connectivity index (χ1v) is 24.0. The quantitative estimate of drug-likeness (QED) is 0.0447. The van der Waals surface area contributed by atoms with Gasteiger partial charge in [0, 0.05) is 78.6 Å². The van der Waals surface area contributed by atoms with Gasteiger partial charge in [-0.3, -0.25) is 24.0 Å². The summed E-state index contributed by atoms with van der Waals surface area (Å²) in [4.78, 5) is 96.4. The van der Waals surface area contributed by atoms with E-state index in [1.54, 1.807) is 79.1 Å². The van der Waals surface area contributed by atoms with Gasteiger partial charge in [-0.05, 0) is 68.9 Å². The van der Waals surface area contributed by atoms with Crippen LogP contribution in [0, 0.1) is 0 Å². The molecule has 5 aromatic rings. The molecule has 8 rings (SSSR count). The number of methoxy groups -OCH3 is 2. The minimum atomic E-state index is -0.919. The summed E-state index contributed by atoms with van der Waals surface area (Å²) in [6, 6.07) is 8.66. The maximum absolute atomic E-state index is 14.2. The molecule has 74 heavy (non-hydrogen) atoms. The molecule has 1 unspecified atom stereocenters. The summed E-state index contributed by atoms with van der Waals surface area (Å²) in [5, 5.41) is 11.1. The van der Waals surface area contributed by atoms with Crippen LogP contribution in [0.25, 0.3) is 0 Å². The maximum Gasteiger partial charge on any atom is 0.416 e. The van der Waals surface area contributed by atoms with Crippen molar-refractivity contribution in [3.05, 3.63) is 102 Å². The predicted molar refractivity (Wildman–Crippen MR) is 270 cm³/mol. The van der Waals surface area contributed by atoms with Gasteiger partial charge in [-0.25, -0.2) is 14.5 Å². The smallest absolute Gasteiger partial charge is 0.416 e. The fourth-order valence-corrected chi connectivity index (χ4v) is 9.26. The second-order valence-corrected chi connectivity index (χ2v) is 18.0. The lowest BCUT2D eigenvalue weighted by Crippen LogP contribution is -2.54. The Morgan fingerprint density at radius 1 is 0.716 bits per heavy atom. The standard InChI is InChI=1S/C51H60N10O13/c1-8-17-73-51(68)61-36-25-42(41(69-6)24-34(36)48(66)60-16-11-13-35(60)49(61)74-44-15-9-10-18-72-44)71-19-12-14-43(62)52-30-20-37(56(2)26-30)45(63)53-31-21-38(57(3)27-31)46(64)54-32-22-39(58(4)28-32)47(65)55-33-23-40(50(67)70-7)59(5)29-33/h8,20-29,35,44,49H,1,9-19H2,2-7H3,(H,52,62)(H,53,63)(H,54,64)(H,55,65)/t35-,44?,49-/m0/s1. The van der Waals surface area contributed by atoms with E-state index in [0.717, 1.165) is 19.3 Å². The van der Waals surface area contributed by atoms with Crippen LogP contribution in [0.2, 0.25) is 0 Å². The van der Waals surface area contributed by atoms with Crippen LogP contribution >= 0.6 is 0 Å². The minimum Gasteiger partial charge on any atom is -0.493 e. The molecule has 3 atom stereocenters. The summed E-state index contributed by atoms with van der Waals surface area (Å²) in [6.07, 6.45) is 9.60. The van der Waals surface area contributed by atoms with E-state index < -0.39 is 48.3 Å². The van der Waals surface area contributed by atoms with Crippen molar-refractivity contribution >= 4 is 70.0 Å². The molecule has 0 saturated carbocycles. The number of anilines is 5. The van der Waals surface area contributed by atoms with Gasteiger partial charge in [-0.1, -0.05) is 12.7 Å². The number of benzene rings is 1. The predicted octanol–water partition coefficient (Wildman–Crippen LogP) is 6.01.